The lowest BCUT2D eigenvalue weighted by Crippen LogP contribution is -2.29. The van der Waals surface area contributed by atoms with E-state index in [1.165, 1.54) is 0 Å². The van der Waals surface area contributed by atoms with E-state index in [1.807, 2.05) is 10.3 Å². The lowest BCUT2D eigenvalue weighted by atomic mass is 10.5. The molecular weight excluding hydrogens is 268 g/mol. The zero-order valence-corrected chi connectivity index (χ0v) is 10.3. The van der Waals surface area contributed by atoms with Crippen LogP contribution in [0.25, 0.3) is 0 Å². The van der Waals surface area contributed by atoms with E-state index >= 15 is 0 Å². The highest BCUT2D eigenvalue weighted by Crippen LogP contribution is 2.23. The fourth-order valence-electron chi connectivity index (χ4n) is 1.02. The van der Waals surface area contributed by atoms with Crippen molar-refractivity contribution in [2.24, 2.45) is 0 Å². The maximum atomic E-state index is 8.89. The SMILES string of the molecule is COCCN(CCO)c1nc(Br)cs1. The first-order valence-electron chi connectivity index (χ1n) is 4.23. The third kappa shape index (κ3) is 3.53. The Hall–Kier alpha value is -0.170. The van der Waals surface area contributed by atoms with Gasteiger partial charge in [-0.15, -0.1) is 11.3 Å². The zero-order valence-electron chi connectivity index (χ0n) is 7.94. The molecule has 0 spiro atoms. The fraction of sp³-hybridized carbons (Fsp3) is 0.625. The molecule has 0 aromatic carbocycles. The summed E-state index contributed by atoms with van der Waals surface area (Å²) in [6.45, 7) is 2.10. The third-order valence-electron chi connectivity index (χ3n) is 1.67. The molecule has 80 valence electrons. The van der Waals surface area contributed by atoms with E-state index in [9.17, 15) is 0 Å². The number of anilines is 1. The summed E-state index contributed by atoms with van der Waals surface area (Å²) in [6.07, 6.45) is 0. The first-order chi connectivity index (χ1) is 6.77. The van der Waals surface area contributed by atoms with Gasteiger partial charge in [0, 0.05) is 25.6 Å². The van der Waals surface area contributed by atoms with Crippen LogP contribution in [0.1, 0.15) is 0 Å². The van der Waals surface area contributed by atoms with E-state index in [2.05, 4.69) is 20.9 Å². The average Bonchev–Trinajstić information content (AvgIpc) is 2.59. The minimum Gasteiger partial charge on any atom is -0.395 e. The van der Waals surface area contributed by atoms with Gasteiger partial charge in [0.1, 0.15) is 4.60 Å². The monoisotopic (exact) mass is 280 g/mol. The molecule has 1 N–H and O–H groups in total. The summed E-state index contributed by atoms with van der Waals surface area (Å²) in [5.41, 5.74) is 0. The van der Waals surface area contributed by atoms with Crippen LogP contribution in [0.2, 0.25) is 0 Å². The largest absolute Gasteiger partial charge is 0.395 e. The Labute approximate surface area is 95.7 Å². The van der Waals surface area contributed by atoms with Crippen molar-refractivity contribution in [3.63, 3.8) is 0 Å². The highest BCUT2D eigenvalue weighted by atomic mass is 79.9. The second kappa shape index (κ2) is 6.34. The number of halogens is 1. The van der Waals surface area contributed by atoms with Gasteiger partial charge in [-0.2, -0.15) is 0 Å². The lowest BCUT2D eigenvalue weighted by molar-refractivity contribution is 0.203. The summed E-state index contributed by atoms with van der Waals surface area (Å²) in [5, 5.41) is 11.7. The topological polar surface area (TPSA) is 45.6 Å². The molecule has 6 heteroatoms. The van der Waals surface area contributed by atoms with Crippen LogP contribution >= 0.6 is 27.3 Å². The second-order valence-electron chi connectivity index (χ2n) is 2.66. The van der Waals surface area contributed by atoms with Gasteiger partial charge in [-0.25, -0.2) is 4.98 Å². The maximum Gasteiger partial charge on any atom is 0.186 e. The second-order valence-corrected chi connectivity index (χ2v) is 4.31. The zero-order chi connectivity index (χ0) is 10.4. The number of ether oxygens (including phenoxy) is 1. The molecule has 0 radical (unpaired) electrons. The van der Waals surface area contributed by atoms with Crippen LogP contribution in [0.5, 0.6) is 0 Å². The number of aromatic nitrogens is 1. The predicted octanol–water partition coefficient (Wildman–Crippen LogP) is 1.35. The number of hydrogen-bond acceptors (Lipinski definition) is 5. The minimum atomic E-state index is 0.126. The van der Waals surface area contributed by atoms with Crippen LogP contribution in [-0.2, 0) is 4.74 Å². The Morgan fingerprint density at radius 2 is 2.43 bits per heavy atom. The Balaban J connectivity index is 2.57. The normalized spacial score (nSPS) is 10.5. The van der Waals surface area contributed by atoms with E-state index in [0.717, 1.165) is 16.3 Å². The predicted molar refractivity (Wildman–Crippen MR) is 61.0 cm³/mol. The van der Waals surface area contributed by atoms with Crippen LogP contribution in [0.15, 0.2) is 9.98 Å². The Bertz CT molecular complexity index is 270. The number of thiazole rings is 1. The molecule has 1 aromatic heterocycles. The highest BCUT2D eigenvalue weighted by Gasteiger charge is 2.09. The van der Waals surface area contributed by atoms with Gasteiger partial charge in [-0.1, -0.05) is 0 Å². The van der Waals surface area contributed by atoms with Crippen molar-refractivity contribution in [1.29, 1.82) is 0 Å². The van der Waals surface area contributed by atoms with Gasteiger partial charge in [-0.05, 0) is 15.9 Å². The number of nitrogens with zero attached hydrogens (tertiary/aromatic N) is 2. The molecule has 1 heterocycles. The molecule has 14 heavy (non-hydrogen) atoms. The molecule has 0 saturated carbocycles. The summed E-state index contributed by atoms with van der Waals surface area (Å²) in [4.78, 5) is 6.28. The maximum absolute atomic E-state index is 8.89. The van der Waals surface area contributed by atoms with Gasteiger partial charge < -0.3 is 14.7 Å². The van der Waals surface area contributed by atoms with Gasteiger partial charge in [0.2, 0.25) is 0 Å². The molecule has 0 unspecified atom stereocenters. The lowest BCUT2D eigenvalue weighted by Gasteiger charge is -2.19. The first kappa shape index (κ1) is 11.9. The van der Waals surface area contributed by atoms with Gasteiger partial charge in [-0.3, -0.25) is 0 Å². The van der Waals surface area contributed by atoms with E-state index < -0.39 is 0 Å². The molecule has 0 aliphatic carbocycles. The van der Waals surface area contributed by atoms with Crippen molar-refractivity contribution < 1.29 is 9.84 Å². The fourth-order valence-corrected chi connectivity index (χ4v) is 2.32. The molecule has 0 aliphatic rings. The molecule has 0 fully saturated rings. The van der Waals surface area contributed by atoms with Crippen molar-refractivity contribution in [3.05, 3.63) is 9.98 Å². The van der Waals surface area contributed by atoms with Crippen molar-refractivity contribution in [3.8, 4) is 0 Å². The van der Waals surface area contributed by atoms with Gasteiger partial charge >= 0.3 is 0 Å². The summed E-state index contributed by atoms with van der Waals surface area (Å²) < 4.78 is 5.82. The van der Waals surface area contributed by atoms with Crippen LogP contribution in [0.3, 0.4) is 0 Å². The molecule has 1 rings (SSSR count). The smallest absolute Gasteiger partial charge is 0.186 e. The molecule has 4 nitrogen and oxygen atoms in total. The van der Waals surface area contributed by atoms with Gasteiger partial charge in [0.15, 0.2) is 5.13 Å². The quantitative estimate of drug-likeness (QED) is 0.855. The van der Waals surface area contributed by atoms with E-state index in [1.54, 1.807) is 18.4 Å². The van der Waals surface area contributed by atoms with Crippen molar-refractivity contribution >= 4 is 32.4 Å². The minimum absolute atomic E-state index is 0.126. The van der Waals surface area contributed by atoms with Crippen molar-refractivity contribution in [2.75, 3.05) is 38.3 Å². The standard InChI is InChI=1S/C8H13BrN2O2S/c1-13-5-3-11(2-4-12)8-10-7(9)6-14-8/h6,12H,2-5H2,1H3. The number of methoxy groups -OCH3 is 1. The molecule has 0 bridgehead atoms. The molecular formula is C8H13BrN2O2S. The molecule has 0 atom stereocenters. The molecule has 1 aromatic rings. The number of aliphatic hydroxyl groups excluding tert-OH is 1. The van der Waals surface area contributed by atoms with Gasteiger partial charge in [0.25, 0.3) is 0 Å². The van der Waals surface area contributed by atoms with Crippen LogP contribution in [-0.4, -0.2) is 43.5 Å². The Kier molecular flexibility index (Phi) is 5.39. The van der Waals surface area contributed by atoms with Crippen LogP contribution in [0, 0.1) is 0 Å². The Morgan fingerprint density at radius 3 is 2.93 bits per heavy atom. The van der Waals surface area contributed by atoms with Crippen molar-refractivity contribution in [1.82, 2.24) is 4.98 Å². The first-order valence-corrected chi connectivity index (χ1v) is 5.91. The van der Waals surface area contributed by atoms with Crippen molar-refractivity contribution in [2.45, 2.75) is 0 Å². The number of hydrogen-bond donors (Lipinski definition) is 1. The van der Waals surface area contributed by atoms with E-state index in [0.29, 0.717) is 13.2 Å². The molecule has 0 aliphatic heterocycles. The summed E-state index contributed by atoms with van der Waals surface area (Å²) in [7, 11) is 1.66. The third-order valence-corrected chi connectivity index (χ3v) is 3.28. The van der Waals surface area contributed by atoms with Gasteiger partial charge in [0.05, 0.1) is 13.2 Å². The summed E-state index contributed by atoms with van der Waals surface area (Å²) >= 11 is 4.85. The summed E-state index contributed by atoms with van der Waals surface area (Å²) in [6, 6.07) is 0. The van der Waals surface area contributed by atoms with Crippen LogP contribution in [0.4, 0.5) is 5.13 Å². The molecule has 0 amide bonds. The number of rotatable bonds is 6. The Morgan fingerprint density at radius 1 is 1.64 bits per heavy atom. The molecule has 0 saturated heterocycles. The summed E-state index contributed by atoms with van der Waals surface area (Å²) in [5.74, 6) is 0. The van der Waals surface area contributed by atoms with E-state index in [-0.39, 0.29) is 6.61 Å². The van der Waals surface area contributed by atoms with E-state index in [4.69, 9.17) is 9.84 Å². The highest BCUT2D eigenvalue weighted by molar-refractivity contribution is 9.10. The number of aliphatic hydroxyl groups is 1. The average molecular weight is 281 g/mol. The van der Waals surface area contributed by atoms with Crippen LogP contribution < -0.4 is 4.90 Å².